The normalized spacial score (nSPS) is 39.4. The van der Waals surface area contributed by atoms with E-state index in [1.54, 1.807) is 0 Å². The second-order valence-electron chi connectivity index (χ2n) is 5.31. The summed E-state index contributed by atoms with van der Waals surface area (Å²) in [7, 11) is 2.27. The van der Waals surface area contributed by atoms with Crippen molar-refractivity contribution in [2.75, 3.05) is 20.1 Å². The van der Waals surface area contributed by atoms with Crippen molar-refractivity contribution in [3.63, 3.8) is 0 Å². The van der Waals surface area contributed by atoms with Gasteiger partial charge in [0.2, 0.25) is 0 Å². The maximum atomic E-state index is 3.71. The highest BCUT2D eigenvalue weighted by molar-refractivity contribution is 4.85. The highest BCUT2D eigenvalue weighted by Gasteiger charge is 2.26. The van der Waals surface area contributed by atoms with Crippen molar-refractivity contribution in [1.82, 2.24) is 10.2 Å². The Bertz CT molecular complexity index is 175. The molecular weight excluding hydrogens is 172 g/mol. The fourth-order valence-electron chi connectivity index (χ4n) is 2.77. The number of rotatable bonds is 3. The van der Waals surface area contributed by atoms with Crippen LogP contribution in [-0.4, -0.2) is 37.1 Å². The van der Waals surface area contributed by atoms with E-state index in [2.05, 4.69) is 24.2 Å². The molecule has 1 aliphatic heterocycles. The molecule has 82 valence electrons. The minimum Gasteiger partial charge on any atom is -0.312 e. The van der Waals surface area contributed by atoms with Crippen molar-refractivity contribution in [3.05, 3.63) is 0 Å². The molecule has 1 unspecified atom stereocenters. The van der Waals surface area contributed by atoms with Crippen molar-refractivity contribution in [2.45, 2.75) is 51.1 Å². The van der Waals surface area contributed by atoms with Gasteiger partial charge in [0.1, 0.15) is 0 Å². The summed E-state index contributed by atoms with van der Waals surface area (Å²) in [6, 6.07) is 1.64. The Hall–Kier alpha value is -0.0800. The van der Waals surface area contributed by atoms with E-state index in [4.69, 9.17) is 0 Å². The lowest BCUT2D eigenvalue weighted by Gasteiger charge is -2.38. The van der Waals surface area contributed by atoms with E-state index < -0.39 is 0 Å². The molecule has 1 saturated carbocycles. The molecule has 1 N–H and O–H groups in total. The van der Waals surface area contributed by atoms with E-state index in [-0.39, 0.29) is 0 Å². The van der Waals surface area contributed by atoms with Crippen LogP contribution in [0.25, 0.3) is 0 Å². The topological polar surface area (TPSA) is 15.3 Å². The van der Waals surface area contributed by atoms with Gasteiger partial charge in [-0.1, -0.05) is 13.3 Å². The maximum Gasteiger partial charge on any atom is 0.0217 e. The summed E-state index contributed by atoms with van der Waals surface area (Å²) < 4.78 is 0. The average Bonchev–Trinajstić information content (AvgIpc) is 2.13. The smallest absolute Gasteiger partial charge is 0.0217 e. The molecule has 2 nitrogen and oxygen atoms in total. The summed E-state index contributed by atoms with van der Waals surface area (Å²) in [6.07, 6.45) is 7.02. The molecule has 2 fully saturated rings. The third-order valence-electron chi connectivity index (χ3n) is 3.94. The third-order valence-corrected chi connectivity index (χ3v) is 3.94. The summed E-state index contributed by atoms with van der Waals surface area (Å²) in [5.74, 6) is 0.969. The SMILES string of the molecule is CC1CC(NCC2CCCCN2C)C1. The fraction of sp³-hybridized carbons (Fsp3) is 1.00. The first-order valence-corrected chi connectivity index (χ1v) is 6.19. The third kappa shape index (κ3) is 2.48. The number of nitrogens with zero attached hydrogens (tertiary/aromatic N) is 1. The first-order valence-electron chi connectivity index (χ1n) is 6.19. The molecule has 0 radical (unpaired) electrons. The number of piperidine rings is 1. The zero-order chi connectivity index (χ0) is 9.97. The number of nitrogens with one attached hydrogen (secondary N) is 1. The van der Waals surface area contributed by atoms with Crippen LogP contribution in [0.4, 0.5) is 0 Å². The highest BCUT2D eigenvalue weighted by atomic mass is 15.2. The molecule has 2 heteroatoms. The van der Waals surface area contributed by atoms with Crippen LogP contribution in [0, 0.1) is 5.92 Å². The van der Waals surface area contributed by atoms with Crippen LogP contribution in [0.5, 0.6) is 0 Å². The Balaban J connectivity index is 1.64. The van der Waals surface area contributed by atoms with Crippen LogP contribution in [0.3, 0.4) is 0 Å². The quantitative estimate of drug-likeness (QED) is 0.741. The molecule has 1 saturated heterocycles. The minimum absolute atomic E-state index is 0.805. The molecule has 1 atom stereocenters. The van der Waals surface area contributed by atoms with Gasteiger partial charge in [0.05, 0.1) is 0 Å². The Kier molecular flexibility index (Phi) is 3.45. The van der Waals surface area contributed by atoms with Crippen LogP contribution < -0.4 is 5.32 Å². The number of likely N-dealkylation sites (tertiary alicyclic amines) is 1. The van der Waals surface area contributed by atoms with E-state index in [1.807, 2.05) is 0 Å². The first-order chi connectivity index (χ1) is 6.75. The lowest BCUT2D eigenvalue weighted by atomic mass is 9.82. The monoisotopic (exact) mass is 196 g/mol. The van der Waals surface area contributed by atoms with Crippen molar-refractivity contribution in [1.29, 1.82) is 0 Å². The standard InChI is InChI=1S/C12H24N2/c1-10-7-11(8-10)13-9-12-5-3-4-6-14(12)2/h10-13H,3-9H2,1-2H3. The Labute approximate surface area is 88.1 Å². The molecule has 14 heavy (non-hydrogen) atoms. The Morgan fingerprint density at radius 1 is 1.29 bits per heavy atom. The minimum atomic E-state index is 0.805. The van der Waals surface area contributed by atoms with Crippen LogP contribution in [0.2, 0.25) is 0 Å². The molecule has 2 rings (SSSR count). The van der Waals surface area contributed by atoms with Gasteiger partial charge in [-0.3, -0.25) is 0 Å². The van der Waals surface area contributed by atoms with Crippen LogP contribution >= 0.6 is 0 Å². The molecule has 1 heterocycles. The van der Waals surface area contributed by atoms with E-state index in [1.165, 1.54) is 45.2 Å². The van der Waals surface area contributed by atoms with Crippen molar-refractivity contribution < 1.29 is 0 Å². The van der Waals surface area contributed by atoms with Gasteiger partial charge in [0.25, 0.3) is 0 Å². The van der Waals surface area contributed by atoms with Crippen molar-refractivity contribution in [2.24, 2.45) is 5.92 Å². The molecule has 1 aliphatic carbocycles. The van der Waals surface area contributed by atoms with E-state index in [9.17, 15) is 0 Å². The van der Waals surface area contributed by atoms with Crippen LogP contribution in [-0.2, 0) is 0 Å². The predicted octanol–water partition coefficient (Wildman–Crippen LogP) is 1.86. The van der Waals surface area contributed by atoms with Gasteiger partial charge in [-0.05, 0) is 45.2 Å². The number of hydrogen-bond acceptors (Lipinski definition) is 2. The van der Waals surface area contributed by atoms with Gasteiger partial charge in [0, 0.05) is 18.6 Å². The molecule has 0 aromatic rings. The summed E-state index contributed by atoms with van der Waals surface area (Å²) in [4.78, 5) is 2.53. The molecule has 0 bridgehead atoms. The summed E-state index contributed by atoms with van der Waals surface area (Å²) >= 11 is 0. The largest absolute Gasteiger partial charge is 0.312 e. The Morgan fingerprint density at radius 2 is 2.07 bits per heavy atom. The lowest BCUT2D eigenvalue weighted by Crippen LogP contribution is -2.48. The predicted molar refractivity (Wildman–Crippen MR) is 60.5 cm³/mol. The van der Waals surface area contributed by atoms with Gasteiger partial charge in [0.15, 0.2) is 0 Å². The fourth-order valence-corrected chi connectivity index (χ4v) is 2.77. The molecule has 0 aromatic heterocycles. The molecule has 0 spiro atoms. The van der Waals surface area contributed by atoms with Gasteiger partial charge in [-0.2, -0.15) is 0 Å². The highest BCUT2D eigenvalue weighted by Crippen LogP contribution is 2.26. The maximum absolute atomic E-state index is 3.71. The lowest BCUT2D eigenvalue weighted by molar-refractivity contribution is 0.159. The molecule has 0 amide bonds. The second kappa shape index (κ2) is 4.63. The zero-order valence-corrected chi connectivity index (χ0v) is 9.63. The second-order valence-corrected chi connectivity index (χ2v) is 5.31. The van der Waals surface area contributed by atoms with E-state index in [0.717, 1.165) is 18.0 Å². The molecular formula is C12H24N2. The summed E-state index contributed by atoms with van der Waals surface area (Å²) in [6.45, 7) is 4.87. The van der Waals surface area contributed by atoms with Gasteiger partial charge in [-0.25, -0.2) is 0 Å². The summed E-state index contributed by atoms with van der Waals surface area (Å²) in [5, 5.41) is 3.71. The number of likely N-dealkylation sites (N-methyl/N-ethyl adjacent to an activating group) is 1. The van der Waals surface area contributed by atoms with Crippen molar-refractivity contribution in [3.8, 4) is 0 Å². The Morgan fingerprint density at radius 3 is 2.71 bits per heavy atom. The first kappa shape index (κ1) is 10.4. The van der Waals surface area contributed by atoms with Gasteiger partial charge in [-0.15, -0.1) is 0 Å². The summed E-state index contributed by atoms with van der Waals surface area (Å²) in [5.41, 5.74) is 0. The molecule has 0 aromatic carbocycles. The number of hydrogen-bond donors (Lipinski definition) is 1. The van der Waals surface area contributed by atoms with E-state index >= 15 is 0 Å². The van der Waals surface area contributed by atoms with Crippen LogP contribution in [0.15, 0.2) is 0 Å². The average molecular weight is 196 g/mol. The molecule has 2 aliphatic rings. The van der Waals surface area contributed by atoms with Crippen molar-refractivity contribution >= 4 is 0 Å². The van der Waals surface area contributed by atoms with Gasteiger partial charge >= 0.3 is 0 Å². The van der Waals surface area contributed by atoms with Gasteiger partial charge < -0.3 is 10.2 Å². The van der Waals surface area contributed by atoms with Crippen LogP contribution in [0.1, 0.15) is 39.0 Å². The zero-order valence-electron chi connectivity index (χ0n) is 9.63. The van der Waals surface area contributed by atoms with E-state index in [0.29, 0.717) is 0 Å².